The molecule has 3 amide bonds. The Bertz CT molecular complexity index is 875. The first-order valence-electron chi connectivity index (χ1n) is 11.2. The number of hydrogen-bond donors (Lipinski definition) is 1. The monoisotopic (exact) mass is 495 g/mol. The molecule has 0 unspecified atom stereocenters. The number of carbonyl (C=O) groups is 2. The number of amides is 3. The summed E-state index contributed by atoms with van der Waals surface area (Å²) in [5, 5.41) is 6.21. The highest BCUT2D eigenvalue weighted by molar-refractivity contribution is 6.74. The molecule has 0 saturated carbocycles. The Hall–Kier alpha value is -2.03. The van der Waals surface area contributed by atoms with Gasteiger partial charge in [-0.15, -0.1) is 0 Å². The molecular formula is C24H38ClN3O4Si. The molecule has 1 aliphatic rings. The van der Waals surface area contributed by atoms with E-state index in [2.05, 4.69) is 39.2 Å². The highest BCUT2D eigenvalue weighted by atomic mass is 35.5. The second-order valence-electron chi connectivity index (χ2n) is 10.9. The molecule has 1 aromatic rings. The molecule has 1 heterocycles. The van der Waals surface area contributed by atoms with E-state index in [4.69, 9.17) is 20.8 Å². The zero-order valence-electron chi connectivity index (χ0n) is 21.2. The van der Waals surface area contributed by atoms with E-state index in [1.54, 1.807) is 45.0 Å². The van der Waals surface area contributed by atoms with Crippen LogP contribution >= 0.6 is 11.6 Å². The number of benzene rings is 1. The number of ether oxygens (including phenoxy) is 1. The molecule has 0 saturated heterocycles. The summed E-state index contributed by atoms with van der Waals surface area (Å²) >= 11 is 5.97. The molecule has 184 valence electrons. The summed E-state index contributed by atoms with van der Waals surface area (Å²) < 4.78 is 12.0. The molecule has 1 aromatic carbocycles. The zero-order chi connectivity index (χ0) is 25.2. The molecular weight excluding hydrogens is 458 g/mol. The Kier molecular flexibility index (Phi) is 8.31. The molecule has 0 radical (unpaired) electrons. The largest absolute Gasteiger partial charge is 0.442 e. The Morgan fingerprint density at radius 3 is 2.12 bits per heavy atom. The van der Waals surface area contributed by atoms with Gasteiger partial charge >= 0.3 is 12.1 Å². The molecule has 9 heteroatoms. The van der Waals surface area contributed by atoms with Gasteiger partial charge in [-0.2, -0.15) is 0 Å². The zero-order valence-corrected chi connectivity index (χ0v) is 23.0. The number of rotatable bonds is 4. The Morgan fingerprint density at radius 2 is 1.61 bits per heavy atom. The van der Waals surface area contributed by atoms with Crippen LogP contribution in [0.25, 0.3) is 0 Å². The second kappa shape index (κ2) is 10.1. The van der Waals surface area contributed by atoms with Crippen molar-refractivity contribution in [2.24, 2.45) is 0 Å². The van der Waals surface area contributed by atoms with Gasteiger partial charge in [0.05, 0.1) is 18.7 Å². The van der Waals surface area contributed by atoms with Crippen molar-refractivity contribution in [1.82, 2.24) is 10.0 Å². The standard InChI is InChI=1S/C24H38ClN3O4Si/c1-17-10-15-20(16-31-33(8,9)24(5,6)7)28(27(17)22(30)32-23(2,3)4)21(29)26-19-13-11-18(25)12-14-19/h10-15,17,20H,16H2,1-9H3,(H,26,29)/t17-,20-/m1/s1. The van der Waals surface area contributed by atoms with Gasteiger partial charge < -0.3 is 14.5 Å². The van der Waals surface area contributed by atoms with Gasteiger partial charge in [0, 0.05) is 10.7 Å². The van der Waals surface area contributed by atoms with Crippen molar-refractivity contribution in [2.45, 2.75) is 84.3 Å². The van der Waals surface area contributed by atoms with Crippen molar-refractivity contribution >= 4 is 37.7 Å². The van der Waals surface area contributed by atoms with Crippen molar-refractivity contribution in [3.8, 4) is 0 Å². The van der Waals surface area contributed by atoms with Gasteiger partial charge in [-0.25, -0.2) is 19.6 Å². The van der Waals surface area contributed by atoms with Crippen LogP contribution in [0.15, 0.2) is 36.4 Å². The molecule has 0 aliphatic carbocycles. The van der Waals surface area contributed by atoms with Gasteiger partial charge in [0.1, 0.15) is 5.60 Å². The first-order chi connectivity index (χ1) is 15.0. The number of nitrogens with one attached hydrogen (secondary N) is 1. The molecule has 0 aromatic heterocycles. The third kappa shape index (κ3) is 7.22. The first-order valence-corrected chi connectivity index (χ1v) is 14.5. The number of urea groups is 1. The fraction of sp³-hybridized carbons (Fsp3) is 0.583. The van der Waals surface area contributed by atoms with E-state index in [0.29, 0.717) is 10.7 Å². The maximum atomic E-state index is 13.5. The average Bonchev–Trinajstić information content (AvgIpc) is 2.66. The summed E-state index contributed by atoms with van der Waals surface area (Å²) in [7, 11) is -2.08. The molecule has 2 atom stereocenters. The molecule has 2 rings (SSSR count). The summed E-state index contributed by atoms with van der Waals surface area (Å²) in [5.41, 5.74) is -0.136. The maximum absolute atomic E-state index is 13.5. The lowest BCUT2D eigenvalue weighted by atomic mass is 10.1. The van der Waals surface area contributed by atoms with Gasteiger partial charge in [-0.05, 0) is 70.1 Å². The summed E-state index contributed by atoms with van der Waals surface area (Å²) in [6.07, 6.45) is 3.22. The number of anilines is 1. The van der Waals surface area contributed by atoms with E-state index in [9.17, 15) is 9.59 Å². The van der Waals surface area contributed by atoms with Gasteiger partial charge in [0.25, 0.3) is 0 Å². The number of halogens is 1. The van der Waals surface area contributed by atoms with Crippen LogP contribution in [0.1, 0.15) is 48.5 Å². The molecule has 7 nitrogen and oxygen atoms in total. The summed E-state index contributed by atoms with van der Waals surface area (Å²) in [6.45, 7) is 18.3. The molecule has 0 spiro atoms. The van der Waals surface area contributed by atoms with E-state index in [-0.39, 0.29) is 17.7 Å². The second-order valence-corrected chi connectivity index (χ2v) is 16.1. The molecule has 0 fully saturated rings. The van der Waals surface area contributed by atoms with E-state index in [1.165, 1.54) is 10.0 Å². The summed E-state index contributed by atoms with van der Waals surface area (Å²) in [6, 6.07) is 5.50. The highest BCUT2D eigenvalue weighted by Gasteiger charge is 2.42. The van der Waals surface area contributed by atoms with Crippen LogP contribution in [0, 0.1) is 0 Å². The summed E-state index contributed by atoms with van der Waals surface area (Å²) in [5.74, 6) is 0. The number of hydrogen-bond acceptors (Lipinski definition) is 4. The SMILES string of the molecule is C[C@@H]1C=C[C@H](CO[Si](C)(C)C(C)(C)C)N(C(=O)Nc2ccc(Cl)cc2)N1C(=O)OC(C)(C)C. The maximum Gasteiger partial charge on any atom is 0.430 e. The molecule has 33 heavy (non-hydrogen) atoms. The Morgan fingerprint density at radius 1 is 1.03 bits per heavy atom. The molecule has 1 aliphatic heterocycles. The third-order valence-corrected chi connectivity index (χ3v) is 10.6. The smallest absolute Gasteiger partial charge is 0.430 e. The van der Waals surface area contributed by atoms with Crippen molar-refractivity contribution in [3.05, 3.63) is 41.4 Å². The Balaban J connectivity index is 2.37. The minimum atomic E-state index is -2.08. The molecule has 0 bridgehead atoms. The van der Waals surface area contributed by atoms with Crippen molar-refractivity contribution in [2.75, 3.05) is 11.9 Å². The highest BCUT2D eigenvalue weighted by Crippen LogP contribution is 2.37. The first kappa shape index (κ1) is 27.2. The van der Waals surface area contributed by atoms with Crippen LogP contribution in [-0.2, 0) is 9.16 Å². The topological polar surface area (TPSA) is 71.1 Å². The average molecular weight is 496 g/mol. The predicted octanol–water partition coefficient (Wildman–Crippen LogP) is 6.67. The lowest BCUT2D eigenvalue weighted by molar-refractivity contribution is -0.0579. The fourth-order valence-electron chi connectivity index (χ4n) is 2.97. The van der Waals surface area contributed by atoms with E-state index < -0.39 is 32.1 Å². The lowest BCUT2D eigenvalue weighted by Gasteiger charge is -2.45. The van der Waals surface area contributed by atoms with Gasteiger partial charge in [0.2, 0.25) is 0 Å². The molecule has 1 N–H and O–H groups in total. The van der Waals surface area contributed by atoms with Crippen LogP contribution in [0.3, 0.4) is 0 Å². The van der Waals surface area contributed by atoms with Crippen LogP contribution in [0.5, 0.6) is 0 Å². The van der Waals surface area contributed by atoms with Gasteiger partial charge in [0.15, 0.2) is 8.32 Å². The van der Waals surface area contributed by atoms with Crippen molar-refractivity contribution in [1.29, 1.82) is 0 Å². The quantitative estimate of drug-likeness (QED) is 0.373. The van der Waals surface area contributed by atoms with Crippen LogP contribution < -0.4 is 5.32 Å². The Labute approximate surface area is 204 Å². The minimum absolute atomic E-state index is 0.0138. The minimum Gasteiger partial charge on any atom is -0.442 e. The van der Waals surface area contributed by atoms with Crippen LogP contribution in [0.4, 0.5) is 15.3 Å². The summed E-state index contributed by atoms with van der Waals surface area (Å²) in [4.78, 5) is 26.6. The normalized spacial score (nSPS) is 19.5. The van der Waals surface area contributed by atoms with E-state index in [0.717, 1.165) is 0 Å². The van der Waals surface area contributed by atoms with Gasteiger partial charge in [-0.3, -0.25) is 0 Å². The van der Waals surface area contributed by atoms with Crippen molar-refractivity contribution in [3.63, 3.8) is 0 Å². The van der Waals surface area contributed by atoms with Crippen molar-refractivity contribution < 1.29 is 18.8 Å². The number of carbonyl (C=O) groups excluding carboxylic acids is 2. The predicted molar refractivity (Wildman–Crippen MR) is 136 cm³/mol. The lowest BCUT2D eigenvalue weighted by Crippen LogP contribution is -2.62. The third-order valence-electron chi connectivity index (χ3n) is 5.85. The van der Waals surface area contributed by atoms with E-state index in [1.807, 2.05) is 19.1 Å². The van der Waals surface area contributed by atoms with Gasteiger partial charge in [-0.1, -0.05) is 44.5 Å². The van der Waals surface area contributed by atoms with E-state index >= 15 is 0 Å². The van der Waals surface area contributed by atoms with Crippen LogP contribution in [0.2, 0.25) is 23.2 Å². The number of nitrogens with zero attached hydrogens (tertiary/aromatic N) is 2. The number of hydrazine groups is 1. The van der Waals surface area contributed by atoms with Crippen LogP contribution in [-0.4, -0.2) is 54.8 Å². The fourth-order valence-corrected chi connectivity index (χ4v) is 4.12.